The molecule has 1 aromatic heterocycles. The number of nitrogens with one attached hydrogen (secondary N) is 1. The summed E-state index contributed by atoms with van der Waals surface area (Å²) < 4.78 is 8.40. The molecule has 4 atom stereocenters. The maximum absolute atomic E-state index is 11.0. The van der Waals surface area contributed by atoms with Crippen molar-refractivity contribution in [3.05, 3.63) is 64.5 Å². The molecule has 2 aliphatic rings. The highest BCUT2D eigenvalue weighted by Crippen LogP contribution is 2.37. The van der Waals surface area contributed by atoms with Crippen molar-refractivity contribution in [2.45, 2.75) is 70.2 Å². The van der Waals surface area contributed by atoms with Crippen LogP contribution in [0.3, 0.4) is 0 Å². The Kier molecular flexibility index (Phi) is 5.97. The lowest BCUT2D eigenvalue weighted by atomic mass is 9.87. The zero-order chi connectivity index (χ0) is 24.0. The molecule has 2 heterocycles. The van der Waals surface area contributed by atoms with Crippen LogP contribution in [0.1, 0.15) is 60.8 Å². The average molecular weight is 459 g/mol. The molecule has 6 heteroatoms. The minimum absolute atomic E-state index is 0.0352. The SMILES string of the molecule is CO[C@@H]1C(C[C@H]2Cc3ccc(C#N)cc3C2)NCC[C@H]1n1c(C(C)(C)O)nc2cc(C)ccc21. The molecule has 2 aromatic carbocycles. The lowest BCUT2D eigenvalue weighted by Crippen LogP contribution is -2.52. The number of hydrogen-bond donors (Lipinski definition) is 2. The topological polar surface area (TPSA) is 83.1 Å². The van der Waals surface area contributed by atoms with Crippen LogP contribution in [-0.4, -0.2) is 40.5 Å². The first kappa shape index (κ1) is 23.0. The summed E-state index contributed by atoms with van der Waals surface area (Å²) in [6.45, 7) is 6.58. The Morgan fingerprint density at radius 3 is 2.74 bits per heavy atom. The van der Waals surface area contributed by atoms with Crippen molar-refractivity contribution in [2.24, 2.45) is 5.92 Å². The van der Waals surface area contributed by atoms with Crippen molar-refractivity contribution < 1.29 is 9.84 Å². The van der Waals surface area contributed by atoms with Gasteiger partial charge in [0.2, 0.25) is 0 Å². The van der Waals surface area contributed by atoms with Crippen LogP contribution in [0.2, 0.25) is 0 Å². The van der Waals surface area contributed by atoms with Crippen LogP contribution in [0.15, 0.2) is 36.4 Å². The first-order chi connectivity index (χ1) is 16.3. The van der Waals surface area contributed by atoms with Crippen LogP contribution >= 0.6 is 0 Å². The van der Waals surface area contributed by atoms with Crippen LogP contribution in [0, 0.1) is 24.2 Å². The molecule has 3 aromatic rings. The van der Waals surface area contributed by atoms with Gasteiger partial charge in [-0.05, 0) is 99.9 Å². The molecule has 5 rings (SSSR count). The van der Waals surface area contributed by atoms with Crippen molar-refractivity contribution in [2.75, 3.05) is 13.7 Å². The summed E-state index contributed by atoms with van der Waals surface area (Å²) in [6.07, 6.45) is 3.93. The van der Waals surface area contributed by atoms with Crippen LogP contribution in [-0.2, 0) is 23.2 Å². The zero-order valence-electron chi connectivity index (χ0n) is 20.5. The Morgan fingerprint density at radius 2 is 2.00 bits per heavy atom. The number of fused-ring (bicyclic) bond motifs is 2. The molecule has 0 radical (unpaired) electrons. The number of aliphatic hydroxyl groups is 1. The van der Waals surface area contributed by atoms with Crippen molar-refractivity contribution in [3.63, 3.8) is 0 Å². The van der Waals surface area contributed by atoms with Crippen molar-refractivity contribution >= 4 is 11.0 Å². The van der Waals surface area contributed by atoms with Crippen LogP contribution in [0.5, 0.6) is 0 Å². The second-order valence-corrected chi connectivity index (χ2v) is 10.6. The number of nitriles is 1. The lowest BCUT2D eigenvalue weighted by Gasteiger charge is -2.41. The van der Waals surface area contributed by atoms with E-state index in [2.05, 4.69) is 53.2 Å². The summed E-state index contributed by atoms with van der Waals surface area (Å²) in [5, 5.41) is 24.0. The number of imidazole rings is 1. The number of aromatic nitrogens is 2. The normalized spacial score (nSPS) is 24.8. The van der Waals surface area contributed by atoms with Crippen LogP contribution in [0.25, 0.3) is 11.0 Å². The quantitative estimate of drug-likeness (QED) is 0.600. The number of aryl methyl sites for hydroxylation is 1. The first-order valence-electron chi connectivity index (χ1n) is 12.3. The molecule has 0 saturated carbocycles. The largest absolute Gasteiger partial charge is 0.383 e. The van der Waals surface area contributed by atoms with Crippen molar-refractivity contribution in [1.82, 2.24) is 14.9 Å². The van der Waals surface area contributed by atoms with Crippen molar-refractivity contribution in [3.8, 4) is 6.07 Å². The van der Waals surface area contributed by atoms with Crippen LogP contribution < -0.4 is 5.32 Å². The van der Waals surface area contributed by atoms with Gasteiger partial charge in [0.15, 0.2) is 0 Å². The Morgan fingerprint density at radius 1 is 1.21 bits per heavy atom. The molecule has 1 fully saturated rings. The van der Waals surface area contributed by atoms with Gasteiger partial charge in [0.05, 0.1) is 34.8 Å². The van der Waals surface area contributed by atoms with Gasteiger partial charge in [-0.25, -0.2) is 4.98 Å². The van der Waals surface area contributed by atoms with Gasteiger partial charge in [0.25, 0.3) is 0 Å². The molecule has 6 nitrogen and oxygen atoms in total. The number of methoxy groups -OCH3 is 1. The summed E-state index contributed by atoms with van der Waals surface area (Å²) in [5.41, 5.74) is 5.49. The molecular formula is C28H34N4O2. The van der Waals surface area contributed by atoms with E-state index in [0.29, 0.717) is 11.7 Å². The van der Waals surface area contributed by atoms with Gasteiger partial charge in [-0.1, -0.05) is 12.1 Å². The molecular weight excluding hydrogens is 424 g/mol. The minimum Gasteiger partial charge on any atom is -0.383 e. The highest BCUT2D eigenvalue weighted by Gasteiger charge is 2.40. The van der Waals surface area contributed by atoms with Crippen molar-refractivity contribution in [1.29, 1.82) is 5.26 Å². The second-order valence-electron chi connectivity index (χ2n) is 10.6. The van der Waals surface area contributed by atoms with E-state index in [1.54, 1.807) is 7.11 Å². The number of benzene rings is 2. The Hall–Kier alpha value is -2.72. The third kappa shape index (κ3) is 4.13. The molecule has 0 bridgehead atoms. The Balaban J connectivity index is 1.44. The first-order valence-corrected chi connectivity index (χ1v) is 12.3. The second kappa shape index (κ2) is 8.81. The van der Waals surface area contributed by atoms with E-state index in [4.69, 9.17) is 9.72 Å². The smallest absolute Gasteiger partial charge is 0.141 e. The van der Waals surface area contributed by atoms with Gasteiger partial charge in [-0.2, -0.15) is 5.26 Å². The van der Waals surface area contributed by atoms with Gasteiger partial charge in [-0.3, -0.25) is 0 Å². The van der Waals surface area contributed by atoms with Gasteiger partial charge in [0.1, 0.15) is 11.4 Å². The highest BCUT2D eigenvalue weighted by molar-refractivity contribution is 5.77. The molecule has 178 valence electrons. The molecule has 0 amide bonds. The van der Waals surface area contributed by atoms with E-state index in [9.17, 15) is 10.4 Å². The average Bonchev–Trinajstić information content (AvgIpc) is 3.38. The van der Waals surface area contributed by atoms with E-state index in [1.165, 1.54) is 11.1 Å². The van der Waals surface area contributed by atoms with E-state index >= 15 is 0 Å². The third-order valence-electron chi connectivity index (χ3n) is 7.56. The number of ether oxygens (including phenoxy) is 1. The molecule has 1 aliphatic carbocycles. The molecule has 0 spiro atoms. The Labute approximate surface area is 201 Å². The maximum Gasteiger partial charge on any atom is 0.141 e. The Bertz CT molecular complexity index is 1250. The molecule has 1 aliphatic heterocycles. The molecule has 34 heavy (non-hydrogen) atoms. The fourth-order valence-electron chi connectivity index (χ4n) is 6.06. The monoisotopic (exact) mass is 458 g/mol. The van der Waals surface area contributed by atoms with Gasteiger partial charge in [0, 0.05) is 13.2 Å². The predicted octanol–water partition coefficient (Wildman–Crippen LogP) is 4.17. The van der Waals surface area contributed by atoms with Gasteiger partial charge >= 0.3 is 0 Å². The molecule has 2 N–H and O–H groups in total. The van der Waals surface area contributed by atoms with Gasteiger partial charge < -0.3 is 19.7 Å². The summed E-state index contributed by atoms with van der Waals surface area (Å²) in [4.78, 5) is 4.87. The number of piperidine rings is 1. The number of hydrogen-bond acceptors (Lipinski definition) is 5. The third-order valence-corrected chi connectivity index (χ3v) is 7.56. The molecule has 1 saturated heterocycles. The fraction of sp³-hybridized carbons (Fsp3) is 0.500. The lowest BCUT2D eigenvalue weighted by molar-refractivity contribution is -0.00657. The fourth-order valence-corrected chi connectivity index (χ4v) is 6.06. The minimum atomic E-state index is -1.06. The predicted molar refractivity (Wildman–Crippen MR) is 133 cm³/mol. The van der Waals surface area contributed by atoms with Gasteiger partial charge in [-0.15, -0.1) is 0 Å². The zero-order valence-corrected chi connectivity index (χ0v) is 20.5. The highest BCUT2D eigenvalue weighted by atomic mass is 16.5. The summed E-state index contributed by atoms with van der Waals surface area (Å²) in [7, 11) is 1.80. The summed E-state index contributed by atoms with van der Waals surface area (Å²) in [5.74, 6) is 1.21. The summed E-state index contributed by atoms with van der Waals surface area (Å²) in [6, 6.07) is 15.0. The van der Waals surface area contributed by atoms with Crippen LogP contribution in [0.4, 0.5) is 0 Å². The maximum atomic E-state index is 11.0. The standard InChI is InChI=1S/C28H34N4O2/c1-17-5-8-24-22(11-17)31-27(28(2,3)33)32(24)25-9-10-30-23(26(25)34-4)15-19-13-20-7-6-18(16-29)12-21(20)14-19/h5-8,11-12,19,23,25-26,30,33H,9-10,13-15H2,1-4H3/t19-,23?,25+,26+/m0/s1. The van der Waals surface area contributed by atoms with E-state index in [0.717, 1.165) is 54.4 Å². The van der Waals surface area contributed by atoms with E-state index in [-0.39, 0.29) is 18.2 Å². The number of nitrogens with zero attached hydrogens (tertiary/aromatic N) is 3. The molecule has 1 unspecified atom stereocenters. The summed E-state index contributed by atoms with van der Waals surface area (Å²) >= 11 is 0. The van der Waals surface area contributed by atoms with E-state index in [1.807, 2.05) is 19.9 Å². The van der Waals surface area contributed by atoms with E-state index < -0.39 is 5.60 Å². The number of rotatable bonds is 5.